The van der Waals surface area contributed by atoms with Crippen LogP contribution in [0.4, 0.5) is 0 Å². The molecule has 0 aliphatic rings. The summed E-state index contributed by atoms with van der Waals surface area (Å²) in [5.41, 5.74) is -3.45. The summed E-state index contributed by atoms with van der Waals surface area (Å²) in [6.07, 6.45) is 1.94. The molecule has 0 bridgehead atoms. The van der Waals surface area contributed by atoms with Gasteiger partial charge in [-0.15, -0.1) is 11.8 Å². The molecular weight excluding hydrogens is 241 g/mol. The molecule has 0 aliphatic carbocycles. The van der Waals surface area contributed by atoms with Crippen molar-refractivity contribution in [1.82, 2.24) is 0 Å². The minimum absolute atomic E-state index is 0. The second-order valence-corrected chi connectivity index (χ2v) is 7.55. The van der Waals surface area contributed by atoms with Crippen molar-refractivity contribution in [3.63, 3.8) is 0 Å². The van der Waals surface area contributed by atoms with Gasteiger partial charge in [-0.1, -0.05) is 13.3 Å². The van der Waals surface area contributed by atoms with Crippen LogP contribution in [0, 0.1) is 0 Å². The summed E-state index contributed by atoms with van der Waals surface area (Å²) in [7, 11) is 0. The molecule has 2 nitrogen and oxygen atoms in total. The largest absolute Gasteiger partial charge is 2.00 e. The van der Waals surface area contributed by atoms with Gasteiger partial charge >= 0.3 is 19.5 Å². The van der Waals surface area contributed by atoms with Gasteiger partial charge in [-0.25, -0.2) is 0 Å². The van der Waals surface area contributed by atoms with E-state index < -0.39 is 5.69 Å². The van der Waals surface area contributed by atoms with Gasteiger partial charge in [0.15, 0.2) is 0 Å². The third-order valence-electron chi connectivity index (χ3n) is 0.747. The van der Waals surface area contributed by atoms with Crippen molar-refractivity contribution in [2.75, 3.05) is 5.75 Å². The Morgan fingerprint density at radius 1 is 1.50 bits per heavy atom. The summed E-state index contributed by atoms with van der Waals surface area (Å²) in [6, 6.07) is 0. The third-order valence-corrected chi connectivity index (χ3v) is 3.98. The SMILES string of the molecule is CCCCSP([O-])([O-])=S.[Zn+2]. The van der Waals surface area contributed by atoms with Crippen LogP contribution in [-0.2, 0) is 31.3 Å². The van der Waals surface area contributed by atoms with Gasteiger partial charge in [0.2, 0.25) is 0 Å². The van der Waals surface area contributed by atoms with E-state index in [2.05, 4.69) is 11.8 Å². The summed E-state index contributed by atoms with van der Waals surface area (Å²) in [6.45, 7) is 2.01. The average Bonchev–Trinajstić information content (AvgIpc) is 1.63. The van der Waals surface area contributed by atoms with E-state index in [0.29, 0.717) is 5.75 Å². The quantitative estimate of drug-likeness (QED) is 0.413. The van der Waals surface area contributed by atoms with Gasteiger partial charge in [0.25, 0.3) is 0 Å². The van der Waals surface area contributed by atoms with Gasteiger partial charge in [-0.2, -0.15) is 17.1 Å². The van der Waals surface area contributed by atoms with Crippen LogP contribution in [0.3, 0.4) is 0 Å². The Kier molecular flexibility index (Phi) is 10.2. The predicted molar refractivity (Wildman–Crippen MR) is 41.7 cm³/mol. The molecule has 0 aliphatic heterocycles. The molecule has 0 spiro atoms. The minimum Gasteiger partial charge on any atom is -0.825 e. The summed E-state index contributed by atoms with van der Waals surface area (Å²) >= 11 is 5.03. The Hall–Kier alpha value is 1.54. The first-order valence-electron chi connectivity index (χ1n) is 2.73. The summed E-state index contributed by atoms with van der Waals surface area (Å²) < 4.78 is 0. The standard InChI is InChI=1S/C4H11O2PS2.Zn/c1-2-3-4-9-7(5,6)8;/h2-4H2,1H3,(H2,5,6,8);/q;+2/p-2. The molecule has 0 aromatic heterocycles. The van der Waals surface area contributed by atoms with E-state index in [1.165, 1.54) is 0 Å². The predicted octanol–water partition coefficient (Wildman–Crippen LogP) is 0.462. The van der Waals surface area contributed by atoms with E-state index in [1.807, 2.05) is 6.92 Å². The molecule has 0 fully saturated rings. The summed E-state index contributed by atoms with van der Waals surface area (Å²) in [4.78, 5) is 20.6. The first-order valence-corrected chi connectivity index (χ1v) is 6.95. The van der Waals surface area contributed by atoms with Crippen molar-refractivity contribution in [1.29, 1.82) is 0 Å². The van der Waals surface area contributed by atoms with Gasteiger partial charge < -0.3 is 9.79 Å². The van der Waals surface area contributed by atoms with Crippen molar-refractivity contribution >= 4 is 28.9 Å². The van der Waals surface area contributed by atoms with E-state index in [1.54, 1.807) is 0 Å². The second kappa shape index (κ2) is 7.21. The zero-order chi connectivity index (χ0) is 7.33. The molecule has 0 rings (SSSR count). The van der Waals surface area contributed by atoms with Gasteiger partial charge in [0, 0.05) is 0 Å². The fourth-order valence-corrected chi connectivity index (χ4v) is 2.69. The van der Waals surface area contributed by atoms with Crippen LogP contribution in [0.5, 0.6) is 0 Å². The summed E-state index contributed by atoms with van der Waals surface area (Å²) in [5, 5.41) is 0. The molecule has 0 unspecified atom stereocenters. The van der Waals surface area contributed by atoms with Crippen molar-refractivity contribution in [3.05, 3.63) is 0 Å². The van der Waals surface area contributed by atoms with Gasteiger partial charge in [-0.05, 0) is 12.2 Å². The van der Waals surface area contributed by atoms with Crippen molar-refractivity contribution < 1.29 is 29.3 Å². The van der Waals surface area contributed by atoms with E-state index in [4.69, 9.17) is 0 Å². The van der Waals surface area contributed by atoms with Gasteiger partial charge in [0.1, 0.15) is 0 Å². The van der Waals surface area contributed by atoms with Crippen LogP contribution < -0.4 is 9.79 Å². The molecular formula is C4H9O2PS2Zn. The molecule has 0 heterocycles. The fraction of sp³-hybridized carbons (Fsp3) is 1.00. The molecule has 0 aromatic carbocycles. The fourth-order valence-electron chi connectivity index (χ4n) is 0.321. The maximum atomic E-state index is 10.3. The Bertz CT molecular complexity index is 116. The molecule has 0 N–H and O–H groups in total. The van der Waals surface area contributed by atoms with Crippen LogP contribution in [-0.4, -0.2) is 5.75 Å². The topological polar surface area (TPSA) is 46.1 Å². The number of rotatable bonds is 4. The van der Waals surface area contributed by atoms with Crippen LogP contribution in [0.15, 0.2) is 0 Å². The second-order valence-electron chi connectivity index (χ2n) is 1.63. The smallest absolute Gasteiger partial charge is 0.825 e. The maximum absolute atomic E-state index is 10.3. The molecule has 6 heteroatoms. The number of unbranched alkanes of at least 4 members (excludes halogenated alkanes) is 1. The molecule has 56 valence electrons. The van der Waals surface area contributed by atoms with Crippen LogP contribution in [0.25, 0.3) is 0 Å². The normalized spacial score (nSPS) is 10.7. The first kappa shape index (κ1) is 14.1. The summed E-state index contributed by atoms with van der Waals surface area (Å²) in [5.74, 6) is 0.640. The van der Waals surface area contributed by atoms with Crippen LogP contribution in [0.1, 0.15) is 19.8 Å². The molecule has 0 atom stereocenters. The molecule has 0 saturated heterocycles. The average molecular weight is 250 g/mol. The Morgan fingerprint density at radius 3 is 2.30 bits per heavy atom. The van der Waals surface area contributed by atoms with Crippen LogP contribution in [0.2, 0.25) is 0 Å². The Morgan fingerprint density at radius 2 is 2.00 bits per heavy atom. The van der Waals surface area contributed by atoms with Crippen molar-refractivity contribution in [2.45, 2.75) is 19.8 Å². The molecule has 10 heavy (non-hydrogen) atoms. The molecule has 0 amide bonds. The van der Waals surface area contributed by atoms with Crippen molar-refractivity contribution in [3.8, 4) is 0 Å². The number of hydrogen-bond acceptors (Lipinski definition) is 4. The van der Waals surface area contributed by atoms with E-state index in [0.717, 1.165) is 24.2 Å². The van der Waals surface area contributed by atoms with Crippen LogP contribution >= 0.6 is 17.1 Å². The zero-order valence-corrected chi connectivity index (χ0v) is 11.4. The monoisotopic (exact) mass is 248 g/mol. The van der Waals surface area contributed by atoms with E-state index >= 15 is 0 Å². The maximum Gasteiger partial charge on any atom is 2.00 e. The van der Waals surface area contributed by atoms with Crippen molar-refractivity contribution in [2.24, 2.45) is 0 Å². The minimum atomic E-state index is -3.45. The molecule has 0 radical (unpaired) electrons. The van der Waals surface area contributed by atoms with E-state index in [9.17, 15) is 9.79 Å². The van der Waals surface area contributed by atoms with Gasteiger partial charge in [0.05, 0.1) is 0 Å². The molecule has 0 aromatic rings. The first-order chi connectivity index (χ1) is 4.06. The zero-order valence-electron chi connectivity index (χ0n) is 5.91. The van der Waals surface area contributed by atoms with Gasteiger partial charge in [-0.3, -0.25) is 0 Å². The third kappa shape index (κ3) is 12.2. The number of hydrogen-bond donors (Lipinski definition) is 0. The Balaban J connectivity index is 0. The molecule has 0 saturated carbocycles. The van der Waals surface area contributed by atoms with E-state index in [-0.39, 0.29) is 19.5 Å². The Labute approximate surface area is 83.5 Å².